The molecule has 1 aliphatic carbocycles. The third-order valence-electron chi connectivity index (χ3n) is 3.76. The summed E-state index contributed by atoms with van der Waals surface area (Å²) in [6, 6.07) is 0.401. The van der Waals surface area contributed by atoms with Gasteiger partial charge in [-0.25, -0.2) is 4.98 Å². The van der Waals surface area contributed by atoms with E-state index in [9.17, 15) is 0 Å². The van der Waals surface area contributed by atoms with Crippen LogP contribution in [0.5, 0.6) is 0 Å². The van der Waals surface area contributed by atoms with Gasteiger partial charge in [0.05, 0.1) is 0 Å². The number of hydrogen-bond donors (Lipinski definition) is 1. The van der Waals surface area contributed by atoms with E-state index in [2.05, 4.69) is 32.2 Å². The summed E-state index contributed by atoms with van der Waals surface area (Å²) in [5.74, 6) is 1.64. The molecule has 0 spiro atoms. The van der Waals surface area contributed by atoms with Crippen LogP contribution in [0.4, 0.5) is 5.95 Å². The fraction of sp³-hybridized carbons (Fsp3) is 0.538. The molecule has 0 saturated heterocycles. The number of rotatable bonds is 3. The van der Waals surface area contributed by atoms with E-state index >= 15 is 0 Å². The maximum Gasteiger partial charge on any atom is 0.241 e. The molecule has 2 aromatic rings. The third-order valence-corrected chi connectivity index (χ3v) is 3.93. The highest BCUT2D eigenvalue weighted by Gasteiger charge is 2.22. The van der Waals surface area contributed by atoms with Crippen LogP contribution in [0, 0.1) is 5.92 Å². The summed E-state index contributed by atoms with van der Waals surface area (Å²) in [5, 5.41) is 3.58. The molecule has 0 amide bonds. The number of aromatic nitrogens is 5. The topological polar surface area (TPSA) is 68.5 Å². The average molecular weight is 293 g/mol. The summed E-state index contributed by atoms with van der Waals surface area (Å²) >= 11 is 5.99. The van der Waals surface area contributed by atoms with E-state index in [4.69, 9.17) is 11.6 Å². The van der Waals surface area contributed by atoms with Crippen LogP contribution >= 0.6 is 11.6 Å². The summed E-state index contributed by atoms with van der Waals surface area (Å²) in [4.78, 5) is 16.7. The molecular formula is C13H17ClN6. The third kappa shape index (κ3) is 2.90. The summed E-state index contributed by atoms with van der Waals surface area (Å²) in [7, 11) is 0. The Morgan fingerprint density at radius 3 is 2.85 bits per heavy atom. The molecule has 106 valence electrons. The summed E-state index contributed by atoms with van der Waals surface area (Å²) in [5.41, 5.74) is 0. The lowest BCUT2D eigenvalue weighted by Crippen LogP contribution is -2.31. The lowest BCUT2D eigenvalue weighted by Gasteiger charge is -2.29. The molecule has 2 unspecified atom stereocenters. The normalized spacial score (nSPS) is 22.7. The monoisotopic (exact) mass is 292 g/mol. The van der Waals surface area contributed by atoms with E-state index in [-0.39, 0.29) is 5.28 Å². The molecule has 2 atom stereocenters. The van der Waals surface area contributed by atoms with Crippen molar-refractivity contribution in [1.29, 1.82) is 0 Å². The molecule has 1 N–H and O–H groups in total. The Bertz CT molecular complexity index is 570. The van der Waals surface area contributed by atoms with Crippen LogP contribution < -0.4 is 5.32 Å². The van der Waals surface area contributed by atoms with Crippen molar-refractivity contribution in [3.63, 3.8) is 0 Å². The van der Waals surface area contributed by atoms with Gasteiger partial charge in [0.1, 0.15) is 6.33 Å². The fourth-order valence-corrected chi connectivity index (χ4v) is 2.75. The SMILES string of the molecule is CC1CCCCC1Nc1nc(Cl)nc(-n2ccnc2)n1. The Morgan fingerprint density at radius 1 is 1.25 bits per heavy atom. The van der Waals surface area contributed by atoms with Gasteiger partial charge in [-0.3, -0.25) is 4.57 Å². The van der Waals surface area contributed by atoms with Gasteiger partial charge in [-0.1, -0.05) is 19.8 Å². The van der Waals surface area contributed by atoms with E-state index in [1.165, 1.54) is 19.3 Å². The first kappa shape index (κ1) is 13.3. The minimum atomic E-state index is 0.190. The van der Waals surface area contributed by atoms with Gasteiger partial charge in [0.15, 0.2) is 0 Å². The van der Waals surface area contributed by atoms with Gasteiger partial charge in [-0.05, 0) is 30.4 Å². The average Bonchev–Trinajstić information content (AvgIpc) is 2.95. The maximum absolute atomic E-state index is 5.99. The van der Waals surface area contributed by atoms with Crippen LogP contribution in [-0.2, 0) is 0 Å². The Balaban J connectivity index is 1.82. The molecule has 3 rings (SSSR count). The van der Waals surface area contributed by atoms with Crippen LogP contribution in [0.25, 0.3) is 5.95 Å². The molecule has 1 aliphatic rings. The van der Waals surface area contributed by atoms with Crippen molar-refractivity contribution in [2.75, 3.05) is 5.32 Å². The van der Waals surface area contributed by atoms with Crippen molar-refractivity contribution in [2.45, 2.75) is 38.6 Å². The molecule has 1 fully saturated rings. The fourth-order valence-electron chi connectivity index (χ4n) is 2.59. The zero-order chi connectivity index (χ0) is 13.9. The largest absolute Gasteiger partial charge is 0.351 e. The molecule has 7 heteroatoms. The Morgan fingerprint density at radius 2 is 2.10 bits per heavy atom. The van der Waals surface area contributed by atoms with Gasteiger partial charge in [0.2, 0.25) is 17.2 Å². The van der Waals surface area contributed by atoms with Gasteiger partial charge in [0, 0.05) is 18.4 Å². The van der Waals surface area contributed by atoms with Crippen LogP contribution in [0.15, 0.2) is 18.7 Å². The molecule has 0 bridgehead atoms. The predicted octanol–water partition coefficient (Wildman–Crippen LogP) is 2.70. The molecule has 0 aliphatic heterocycles. The van der Waals surface area contributed by atoms with E-state index < -0.39 is 0 Å². The van der Waals surface area contributed by atoms with Crippen LogP contribution in [0.2, 0.25) is 5.28 Å². The molecule has 20 heavy (non-hydrogen) atoms. The minimum absolute atomic E-state index is 0.190. The molecular weight excluding hydrogens is 276 g/mol. The van der Waals surface area contributed by atoms with Crippen LogP contribution in [0.3, 0.4) is 0 Å². The van der Waals surface area contributed by atoms with E-state index in [0.29, 0.717) is 23.9 Å². The van der Waals surface area contributed by atoms with Crippen molar-refractivity contribution in [3.8, 4) is 5.95 Å². The van der Waals surface area contributed by atoms with E-state index in [1.807, 2.05) is 0 Å². The lowest BCUT2D eigenvalue weighted by molar-refractivity contribution is 0.348. The van der Waals surface area contributed by atoms with E-state index in [1.54, 1.807) is 23.3 Å². The van der Waals surface area contributed by atoms with Crippen molar-refractivity contribution in [3.05, 3.63) is 24.0 Å². The second kappa shape index (κ2) is 5.75. The Labute approximate surface area is 122 Å². The minimum Gasteiger partial charge on any atom is -0.351 e. The Kier molecular flexibility index (Phi) is 3.82. The summed E-state index contributed by atoms with van der Waals surface area (Å²) < 4.78 is 1.71. The molecule has 0 aromatic carbocycles. The predicted molar refractivity (Wildman–Crippen MR) is 77.0 cm³/mol. The summed E-state index contributed by atoms with van der Waals surface area (Å²) in [6.45, 7) is 2.26. The number of nitrogens with zero attached hydrogens (tertiary/aromatic N) is 5. The van der Waals surface area contributed by atoms with Crippen LogP contribution in [0.1, 0.15) is 32.6 Å². The standard InChI is InChI=1S/C13H17ClN6/c1-9-4-2-3-5-10(9)16-12-17-11(14)18-13(19-12)20-7-6-15-8-20/h6-10H,2-5H2,1H3,(H,16,17,18,19). The smallest absolute Gasteiger partial charge is 0.241 e. The molecule has 2 heterocycles. The highest BCUT2D eigenvalue weighted by atomic mass is 35.5. The zero-order valence-corrected chi connectivity index (χ0v) is 12.1. The number of imidazole rings is 1. The molecule has 1 saturated carbocycles. The number of hydrogen-bond acceptors (Lipinski definition) is 5. The first-order valence-electron chi connectivity index (χ1n) is 6.89. The first-order chi connectivity index (χ1) is 9.72. The number of halogens is 1. The van der Waals surface area contributed by atoms with Gasteiger partial charge in [-0.2, -0.15) is 15.0 Å². The van der Waals surface area contributed by atoms with Crippen molar-refractivity contribution >= 4 is 17.5 Å². The Hall–Kier alpha value is -1.69. The second-order valence-corrected chi connectivity index (χ2v) is 5.55. The second-order valence-electron chi connectivity index (χ2n) is 5.21. The van der Waals surface area contributed by atoms with Gasteiger partial charge in [0.25, 0.3) is 0 Å². The van der Waals surface area contributed by atoms with Crippen LogP contribution in [-0.4, -0.2) is 30.5 Å². The quantitative estimate of drug-likeness (QED) is 0.942. The first-order valence-corrected chi connectivity index (χ1v) is 7.26. The molecule has 6 nitrogen and oxygen atoms in total. The van der Waals surface area contributed by atoms with Gasteiger partial charge < -0.3 is 5.32 Å². The lowest BCUT2D eigenvalue weighted by atomic mass is 9.86. The highest BCUT2D eigenvalue weighted by molar-refractivity contribution is 6.28. The molecule has 0 radical (unpaired) electrons. The van der Waals surface area contributed by atoms with E-state index in [0.717, 1.165) is 6.42 Å². The van der Waals surface area contributed by atoms with Gasteiger partial charge in [-0.15, -0.1) is 0 Å². The number of nitrogens with one attached hydrogen (secondary N) is 1. The van der Waals surface area contributed by atoms with Crippen molar-refractivity contribution in [1.82, 2.24) is 24.5 Å². The van der Waals surface area contributed by atoms with Crippen molar-refractivity contribution < 1.29 is 0 Å². The molecule has 2 aromatic heterocycles. The summed E-state index contributed by atoms with van der Waals surface area (Å²) in [6.07, 6.45) is 10.0. The number of anilines is 1. The van der Waals surface area contributed by atoms with Gasteiger partial charge >= 0.3 is 0 Å². The maximum atomic E-state index is 5.99. The zero-order valence-electron chi connectivity index (χ0n) is 11.3. The highest BCUT2D eigenvalue weighted by Crippen LogP contribution is 2.26. The van der Waals surface area contributed by atoms with Crippen molar-refractivity contribution in [2.24, 2.45) is 5.92 Å².